The molecule has 0 radical (unpaired) electrons. The van der Waals surface area contributed by atoms with Crippen molar-refractivity contribution in [2.75, 3.05) is 32.5 Å². The topological polar surface area (TPSA) is 61.4 Å². The van der Waals surface area contributed by atoms with E-state index in [1.54, 1.807) is 13.8 Å². The molecule has 0 saturated heterocycles. The van der Waals surface area contributed by atoms with Crippen molar-refractivity contribution in [3.63, 3.8) is 0 Å². The second-order valence-electron chi connectivity index (χ2n) is 6.48. The molecule has 0 aliphatic carbocycles. The molecule has 0 fully saturated rings. The number of carbonyl (C=O) groups excluding carboxylic acids is 2. The van der Waals surface area contributed by atoms with Crippen LogP contribution in [-0.4, -0.2) is 43.9 Å². The first-order valence-corrected chi connectivity index (χ1v) is 8.44. The summed E-state index contributed by atoms with van der Waals surface area (Å²) < 4.78 is 0.799. The Morgan fingerprint density at radius 3 is 2.43 bits per heavy atom. The molecule has 0 bridgehead atoms. The molecule has 1 aromatic rings. The van der Waals surface area contributed by atoms with Crippen molar-refractivity contribution in [3.8, 4) is 0 Å². The van der Waals surface area contributed by atoms with Gasteiger partial charge in [0.05, 0.1) is 5.69 Å². The summed E-state index contributed by atoms with van der Waals surface area (Å²) >= 11 is 3.42. The van der Waals surface area contributed by atoms with E-state index in [9.17, 15) is 9.59 Å². The first-order chi connectivity index (χ1) is 10.6. The predicted molar refractivity (Wildman–Crippen MR) is 97.5 cm³/mol. The van der Waals surface area contributed by atoms with Gasteiger partial charge < -0.3 is 15.5 Å². The molecule has 6 heteroatoms. The van der Waals surface area contributed by atoms with E-state index in [0.717, 1.165) is 23.0 Å². The Hall–Kier alpha value is -1.40. The van der Waals surface area contributed by atoms with Gasteiger partial charge in [0.25, 0.3) is 0 Å². The van der Waals surface area contributed by atoms with Crippen LogP contribution in [-0.2, 0) is 9.59 Å². The van der Waals surface area contributed by atoms with Crippen LogP contribution in [0.25, 0.3) is 0 Å². The van der Waals surface area contributed by atoms with Crippen molar-refractivity contribution in [2.45, 2.75) is 27.2 Å². The van der Waals surface area contributed by atoms with Gasteiger partial charge in [0, 0.05) is 11.0 Å². The van der Waals surface area contributed by atoms with Gasteiger partial charge in [-0.15, -0.1) is 0 Å². The summed E-state index contributed by atoms with van der Waals surface area (Å²) in [7, 11) is 3.97. The summed E-state index contributed by atoms with van der Waals surface area (Å²) in [5.41, 5.74) is 0.615. The van der Waals surface area contributed by atoms with Gasteiger partial charge in [0.1, 0.15) is 5.41 Å². The number of hydrogen-bond acceptors (Lipinski definition) is 3. The molecule has 1 rings (SSSR count). The summed E-state index contributed by atoms with van der Waals surface area (Å²) in [6, 6.07) is 5.65. The smallest absolute Gasteiger partial charge is 0.239 e. The van der Waals surface area contributed by atoms with Gasteiger partial charge in [-0.1, -0.05) is 6.07 Å². The Morgan fingerprint density at radius 2 is 1.87 bits per heavy atom. The number of amides is 2. The van der Waals surface area contributed by atoms with Gasteiger partial charge in [-0.05, 0) is 81.5 Å². The van der Waals surface area contributed by atoms with Crippen LogP contribution in [0.15, 0.2) is 22.7 Å². The van der Waals surface area contributed by atoms with Gasteiger partial charge in [0.2, 0.25) is 11.8 Å². The lowest BCUT2D eigenvalue weighted by molar-refractivity contribution is -0.138. The fourth-order valence-electron chi connectivity index (χ4n) is 1.92. The van der Waals surface area contributed by atoms with E-state index in [0.29, 0.717) is 12.2 Å². The summed E-state index contributed by atoms with van der Waals surface area (Å²) in [5.74, 6) is -0.593. The van der Waals surface area contributed by atoms with Crippen LogP contribution in [0.1, 0.15) is 25.8 Å². The first kappa shape index (κ1) is 19.6. The summed E-state index contributed by atoms with van der Waals surface area (Å²) in [4.78, 5) is 26.8. The Labute approximate surface area is 146 Å². The highest BCUT2D eigenvalue weighted by atomic mass is 79.9. The summed E-state index contributed by atoms with van der Waals surface area (Å²) in [6.07, 6.45) is 0.847. The summed E-state index contributed by atoms with van der Waals surface area (Å²) in [5, 5.41) is 5.64. The molecule has 0 aromatic heterocycles. The number of benzene rings is 1. The van der Waals surface area contributed by atoms with Crippen molar-refractivity contribution < 1.29 is 9.59 Å². The standard InChI is InChI=1S/C17H26BrN3O2/c1-12-7-8-14(13(18)11-12)20-16(23)17(2,3)15(22)19-9-6-10-21(4)5/h7-8,11H,6,9-10H2,1-5H3,(H,19,22)(H,20,23). The van der Waals surface area contributed by atoms with Crippen molar-refractivity contribution in [2.24, 2.45) is 5.41 Å². The zero-order valence-corrected chi connectivity index (χ0v) is 16.1. The number of anilines is 1. The van der Waals surface area contributed by atoms with Crippen LogP contribution in [0.3, 0.4) is 0 Å². The fourth-order valence-corrected chi connectivity index (χ4v) is 2.51. The number of carbonyl (C=O) groups is 2. The molecule has 0 spiro atoms. The number of nitrogens with one attached hydrogen (secondary N) is 2. The Morgan fingerprint density at radius 1 is 1.22 bits per heavy atom. The minimum atomic E-state index is -1.14. The first-order valence-electron chi connectivity index (χ1n) is 7.65. The van der Waals surface area contributed by atoms with E-state index in [1.807, 2.05) is 39.2 Å². The SMILES string of the molecule is Cc1ccc(NC(=O)C(C)(C)C(=O)NCCCN(C)C)c(Br)c1. The van der Waals surface area contributed by atoms with Crippen LogP contribution < -0.4 is 10.6 Å². The molecular weight excluding hydrogens is 358 g/mol. The third kappa shape index (κ3) is 5.95. The van der Waals surface area contributed by atoms with Crippen LogP contribution in [0.5, 0.6) is 0 Å². The Kier molecular flexibility index (Phi) is 7.22. The van der Waals surface area contributed by atoms with Gasteiger partial charge in [-0.25, -0.2) is 0 Å². The molecule has 2 N–H and O–H groups in total. The van der Waals surface area contributed by atoms with E-state index >= 15 is 0 Å². The van der Waals surface area contributed by atoms with Crippen molar-refractivity contribution in [1.29, 1.82) is 0 Å². The quantitative estimate of drug-likeness (QED) is 0.562. The van der Waals surface area contributed by atoms with E-state index in [1.165, 1.54) is 0 Å². The molecule has 0 heterocycles. The molecular formula is C17H26BrN3O2. The molecule has 128 valence electrons. The molecule has 0 unspecified atom stereocenters. The highest BCUT2D eigenvalue weighted by molar-refractivity contribution is 9.10. The molecule has 0 aliphatic heterocycles. The Bertz CT molecular complexity index is 571. The minimum Gasteiger partial charge on any atom is -0.355 e. The zero-order valence-electron chi connectivity index (χ0n) is 14.5. The molecule has 0 atom stereocenters. The maximum atomic E-state index is 12.5. The van der Waals surface area contributed by atoms with Crippen LogP contribution in [0.2, 0.25) is 0 Å². The number of hydrogen-bond donors (Lipinski definition) is 2. The van der Waals surface area contributed by atoms with Gasteiger partial charge in [0.15, 0.2) is 0 Å². The third-order valence-electron chi connectivity index (χ3n) is 3.58. The van der Waals surface area contributed by atoms with Crippen molar-refractivity contribution >= 4 is 33.4 Å². The lowest BCUT2D eigenvalue weighted by Gasteiger charge is -2.23. The molecule has 0 aliphatic rings. The van der Waals surface area contributed by atoms with Crippen LogP contribution in [0, 0.1) is 12.3 Å². The van der Waals surface area contributed by atoms with Crippen LogP contribution in [0.4, 0.5) is 5.69 Å². The summed E-state index contributed by atoms with van der Waals surface area (Å²) in [6.45, 7) is 6.68. The van der Waals surface area contributed by atoms with E-state index in [-0.39, 0.29) is 11.8 Å². The minimum absolute atomic E-state index is 0.267. The van der Waals surface area contributed by atoms with Crippen molar-refractivity contribution in [3.05, 3.63) is 28.2 Å². The second-order valence-corrected chi connectivity index (χ2v) is 7.33. The molecule has 2 amide bonds. The van der Waals surface area contributed by atoms with Gasteiger partial charge in [-0.3, -0.25) is 9.59 Å². The predicted octanol–water partition coefficient (Wildman–Crippen LogP) is 2.79. The number of rotatable bonds is 7. The monoisotopic (exact) mass is 383 g/mol. The van der Waals surface area contributed by atoms with E-state index in [4.69, 9.17) is 0 Å². The number of nitrogens with zero attached hydrogens (tertiary/aromatic N) is 1. The average Bonchev–Trinajstić information content (AvgIpc) is 2.45. The highest BCUT2D eigenvalue weighted by Gasteiger charge is 2.36. The lowest BCUT2D eigenvalue weighted by atomic mass is 9.91. The maximum absolute atomic E-state index is 12.5. The normalized spacial score (nSPS) is 11.4. The molecule has 5 nitrogen and oxygen atoms in total. The Balaban J connectivity index is 2.63. The third-order valence-corrected chi connectivity index (χ3v) is 4.23. The molecule has 23 heavy (non-hydrogen) atoms. The average molecular weight is 384 g/mol. The number of halogens is 1. The van der Waals surface area contributed by atoms with Crippen molar-refractivity contribution in [1.82, 2.24) is 10.2 Å². The number of aryl methyl sites for hydroxylation is 1. The fraction of sp³-hybridized carbons (Fsp3) is 0.529. The second kappa shape index (κ2) is 8.45. The van der Waals surface area contributed by atoms with E-state index in [2.05, 4.69) is 31.5 Å². The molecule has 1 aromatic carbocycles. The van der Waals surface area contributed by atoms with Gasteiger partial charge >= 0.3 is 0 Å². The van der Waals surface area contributed by atoms with E-state index < -0.39 is 5.41 Å². The lowest BCUT2D eigenvalue weighted by Crippen LogP contribution is -2.45. The zero-order chi connectivity index (χ0) is 17.6. The highest BCUT2D eigenvalue weighted by Crippen LogP contribution is 2.26. The molecule has 0 saturated carbocycles. The van der Waals surface area contributed by atoms with Gasteiger partial charge in [-0.2, -0.15) is 0 Å². The maximum Gasteiger partial charge on any atom is 0.239 e. The van der Waals surface area contributed by atoms with Crippen LogP contribution >= 0.6 is 15.9 Å². The largest absolute Gasteiger partial charge is 0.355 e.